The van der Waals surface area contributed by atoms with Crippen molar-refractivity contribution in [3.8, 4) is 0 Å². The number of nitrogens with two attached hydrogens (primary N) is 1. The summed E-state index contributed by atoms with van der Waals surface area (Å²) < 4.78 is 0. The van der Waals surface area contributed by atoms with Crippen LogP contribution >= 0.6 is 12.2 Å². The molecule has 5 heteroatoms. The van der Waals surface area contributed by atoms with E-state index in [0.29, 0.717) is 0 Å². The second-order valence-corrected chi connectivity index (χ2v) is 4.39. The van der Waals surface area contributed by atoms with Gasteiger partial charge in [0.2, 0.25) is 11.8 Å². The summed E-state index contributed by atoms with van der Waals surface area (Å²) in [5, 5.41) is 0. The molecule has 2 fully saturated rings. The van der Waals surface area contributed by atoms with E-state index in [9.17, 15) is 9.59 Å². The molecule has 0 aromatic carbocycles. The SMILES string of the molecule is CC(C(N)=S)N1C(=O)[C@H]2CC[C@H]2C1=O. The van der Waals surface area contributed by atoms with Gasteiger partial charge in [-0.1, -0.05) is 12.2 Å². The molecule has 14 heavy (non-hydrogen) atoms. The monoisotopic (exact) mass is 212 g/mol. The molecule has 2 aliphatic rings. The lowest BCUT2D eigenvalue weighted by molar-refractivity contribution is -0.140. The number of thiocarbonyl (C=S) groups is 1. The number of imide groups is 1. The van der Waals surface area contributed by atoms with Crippen molar-refractivity contribution in [2.75, 3.05) is 0 Å². The molecule has 0 aromatic heterocycles. The maximum atomic E-state index is 11.7. The minimum absolute atomic E-state index is 0.0840. The van der Waals surface area contributed by atoms with E-state index in [1.54, 1.807) is 6.92 Å². The Balaban J connectivity index is 2.23. The highest BCUT2D eigenvalue weighted by Crippen LogP contribution is 2.43. The first-order valence-corrected chi connectivity index (χ1v) is 5.11. The van der Waals surface area contributed by atoms with Crippen LogP contribution in [0.2, 0.25) is 0 Å². The standard InChI is InChI=1S/C9H12N2O2S/c1-4(7(10)14)11-8(12)5-2-3-6(5)9(11)13/h4-6H,2-3H2,1H3,(H2,10,14)/t4?,5-,6+. The summed E-state index contributed by atoms with van der Waals surface area (Å²) in [4.78, 5) is 24.9. The second kappa shape index (κ2) is 3.02. The van der Waals surface area contributed by atoms with Gasteiger partial charge in [0, 0.05) is 0 Å². The summed E-state index contributed by atoms with van der Waals surface area (Å²) in [5.74, 6) is -0.350. The summed E-state index contributed by atoms with van der Waals surface area (Å²) in [6.45, 7) is 1.70. The van der Waals surface area contributed by atoms with Gasteiger partial charge in [-0.3, -0.25) is 14.5 Å². The van der Waals surface area contributed by atoms with Crippen molar-refractivity contribution >= 4 is 29.0 Å². The number of carbonyl (C=O) groups excluding carboxylic acids is 2. The van der Waals surface area contributed by atoms with E-state index >= 15 is 0 Å². The molecule has 0 aromatic rings. The summed E-state index contributed by atoms with van der Waals surface area (Å²) in [6.07, 6.45) is 1.66. The Bertz CT molecular complexity index is 307. The van der Waals surface area contributed by atoms with Crippen LogP contribution in [-0.4, -0.2) is 27.7 Å². The number of hydrogen-bond donors (Lipinski definition) is 1. The third-order valence-corrected chi connectivity index (χ3v) is 3.52. The molecule has 4 nitrogen and oxygen atoms in total. The van der Waals surface area contributed by atoms with E-state index in [2.05, 4.69) is 0 Å². The van der Waals surface area contributed by atoms with Crippen molar-refractivity contribution in [3.05, 3.63) is 0 Å². The van der Waals surface area contributed by atoms with Crippen LogP contribution in [0.15, 0.2) is 0 Å². The maximum Gasteiger partial charge on any atom is 0.233 e. The Labute approximate surface area is 87.4 Å². The summed E-state index contributed by atoms with van der Waals surface area (Å²) in [5.41, 5.74) is 5.44. The minimum atomic E-state index is -0.435. The third kappa shape index (κ3) is 1.08. The molecule has 1 saturated heterocycles. The second-order valence-electron chi connectivity index (χ2n) is 3.92. The molecule has 1 unspecified atom stereocenters. The zero-order valence-electron chi connectivity index (χ0n) is 7.90. The number of hydrogen-bond acceptors (Lipinski definition) is 3. The average molecular weight is 212 g/mol. The van der Waals surface area contributed by atoms with Crippen LogP contribution in [0, 0.1) is 11.8 Å². The van der Waals surface area contributed by atoms with Crippen molar-refractivity contribution in [1.82, 2.24) is 4.90 Å². The highest BCUT2D eigenvalue weighted by atomic mass is 32.1. The maximum absolute atomic E-state index is 11.7. The van der Waals surface area contributed by atoms with Gasteiger partial charge in [-0.05, 0) is 19.8 Å². The van der Waals surface area contributed by atoms with Crippen LogP contribution in [0.5, 0.6) is 0 Å². The lowest BCUT2D eigenvalue weighted by atomic mass is 9.76. The van der Waals surface area contributed by atoms with Gasteiger partial charge in [-0.15, -0.1) is 0 Å². The lowest BCUT2D eigenvalue weighted by Crippen LogP contribution is -2.45. The molecule has 3 atom stereocenters. The molecular formula is C9H12N2O2S. The van der Waals surface area contributed by atoms with Crippen LogP contribution in [-0.2, 0) is 9.59 Å². The fourth-order valence-electron chi connectivity index (χ4n) is 2.07. The summed E-state index contributed by atoms with van der Waals surface area (Å²) >= 11 is 4.79. The number of nitrogens with zero attached hydrogens (tertiary/aromatic N) is 1. The molecule has 2 rings (SSSR count). The van der Waals surface area contributed by atoms with Crippen LogP contribution in [0.25, 0.3) is 0 Å². The summed E-state index contributed by atoms with van der Waals surface area (Å²) in [7, 11) is 0. The Morgan fingerprint density at radius 2 is 1.86 bits per heavy atom. The van der Waals surface area contributed by atoms with Crippen molar-refractivity contribution in [3.63, 3.8) is 0 Å². The number of carbonyl (C=O) groups is 2. The third-order valence-electron chi connectivity index (χ3n) is 3.18. The van der Waals surface area contributed by atoms with E-state index in [4.69, 9.17) is 18.0 Å². The van der Waals surface area contributed by atoms with E-state index in [1.807, 2.05) is 0 Å². The van der Waals surface area contributed by atoms with Crippen LogP contribution < -0.4 is 5.73 Å². The highest BCUT2D eigenvalue weighted by molar-refractivity contribution is 7.80. The molecule has 0 bridgehead atoms. The number of likely N-dealkylation sites (tertiary alicyclic amines) is 1. The average Bonchev–Trinajstić information content (AvgIpc) is 2.16. The van der Waals surface area contributed by atoms with Gasteiger partial charge in [-0.25, -0.2) is 0 Å². The Morgan fingerprint density at radius 1 is 1.43 bits per heavy atom. The zero-order valence-corrected chi connectivity index (χ0v) is 8.71. The van der Waals surface area contributed by atoms with Crippen molar-refractivity contribution in [2.24, 2.45) is 17.6 Å². The Hall–Kier alpha value is -0.970. The molecule has 2 N–H and O–H groups in total. The number of fused-ring (bicyclic) bond motifs is 1. The summed E-state index contributed by atoms with van der Waals surface area (Å²) in [6, 6.07) is -0.435. The van der Waals surface area contributed by atoms with Crippen LogP contribution in [0.3, 0.4) is 0 Å². The Kier molecular flexibility index (Phi) is 2.06. The van der Waals surface area contributed by atoms with E-state index < -0.39 is 6.04 Å². The van der Waals surface area contributed by atoms with Gasteiger partial charge in [0.05, 0.1) is 22.9 Å². The fourth-order valence-corrected chi connectivity index (χ4v) is 2.17. The van der Waals surface area contributed by atoms with Gasteiger partial charge in [0.25, 0.3) is 0 Å². The topological polar surface area (TPSA) is 63.4 Å². The Morgan fingerprint density at radius 3 is 2.14 bits per heavy atom. The molecule has 1 saturated carbocycles. The predicted octanol–water partition coefficient (Wildman–Crippen LogP) is 0.0560. The molecule has 1 aliphatic heterocycles. The van der Waals surface area contributed by atoms with E-state index in [0.717, 1.165) is 12.8 Å². The molecule has 0 spiro atoms. The first-order valence-electron chi connectivity index (χ1n) is 4.70. The smallest absolute Gasteiger partial charge is 0.233 e. The fraction of sp³-hybridized carbons (Fsp3) is 0.667. The molecule has 1 aliphatic carbocycles. The van der Waals surface area contributed by atoms with Gasteiger partial charge >= 0.3 is 0 Å². The molecule has 76 valence electrons. The normalized spacial score (nSPS) is 32.5. The zero-order chi connectivity index (χ0) is 10.5. The van der Waals surface area contributed by atoms with E-state index in [1.165, 1.54) is 4.90 Å². The van der Waals surface area contributed by atoms with E-state index in [-0.39, 0.29) is 28.6 Å². The van der Waals surface area contributed by atoms with Crippen LogP contribution in [0.4, 0.5) is 0 Å². The first-order chi connectivity index (χ1) is 6.54. The molecular weight excluding hydrogens is 200 g/mol. The number of rotatable bonds is 2. The van der Waals surface area contributed by atoms with Crippen molar-refractivity contribution < 1.29 is 9.59 Å². The van der Waals surface area contributed by atoms with Crippen molar-refractivity contribution in [1.29, 1.82) is 0 Å². The number of amides is 2. The van der Waals surface area contributed by atoms with Crippen LogP contribution in [0.1, 0.15) is 19.8 Å². The molecule has 2 amide bonds. The van der Waals surface area contributed by atoms with Gasteiger partial charge in [0.15, 0.2) is 0 Å². The quantitative estimate of drug-likeness (QED) is 0.519. The minimum Gasteiger partial charge on any atom is -0.392 e. The lowest BCUT2D eigenvalue weighted by Gasteiger charge is -2.24. The van der Waals surface area contributed by atoms with Gasteiger partial charge in [0.1, 0.15) is 0 Å². The first kappa shape index (κ1) is 9.58. The molecule has 1 heterocycles. The van der Waals surface area contributed by atoms with Crippen molar-refractivity contribution in [2.45, 2.75) is 25.8 Å². The predicted molar refractivity (Wildman–Crippen MR) is 54.3 cm³/mol. The van der Waals surface area contributed by atoms with Gasteiger partial charge < -0.3 is 5.73 Å². The van der Waals surface area contributed by atoms with Gasteiger partial charge in [-0.2, -0.15) is 0 Å². The largest absolute Gasteiger partial charge is 0.392 e. The highest BCUT2D eigenvalue weighted by Gasteiger charge is 2.54. The molecule has 0 radical (unpaired) electrons.